The molecule has 3 aromatic carbocycles. The highest BCUT2D eigenvalue weighted by Gasteiger charge is 2.30. The summed E-state index contributed by atoms with van der Waals surface area (Å²) in [4.78, 5) is 34.0. The fourth-order valence-corrected chi connectivity index (χ4v) is 4.57. The minimum Gasteiger partial charge on any atom is -0.480 e. The van der Waals surface area contributed by atoms with Crippen molar-refractivity contribution in [2.45, 2.75) is 26.5 Å². The van der Waals surface area contributed by atoms with Gasteiger partial charge in [0, 0.05) is 33.8 Å². The number of hydrazone groups is 1. The van der Waals surface area contributed by atoms with Crippen molar-refractivity contribution in [1.29, 1.82) is 0 Å². The number of benzene rings is 3. The number of nitrogens with one attached hydrogen (secondary N) is 1. The Labute approximate surface area is 235 Å². The summed E-state index contributed by atoms with van der Waals surface area (Å²) in [5.41, 5.74) is 4.25. The number of halogens is 1. The van der Waals surface area contributed by atoms with E-state index in [0.717, 1.165) is 5.56 Å². The Hall–Kier alpha value is -4.60. The first-order valence-electron chi connectivity index (χ1n) is 12.6. The second kappa shape index (κ2) is 11.3. The summed E-state index contributed by atoms with van der Waals surface area (Å²) in [5, 5.41) is 20.5. The SMILES string of the molecule is CCC(=O)Nc1ccc2nc(N3N=C(OC)C(c4cc(Cl)ccc4C(C)=O)=C[C@@H]3O)c(-c3ccccc3)nc2c1. The summed E-state index contributed by atoms with van der Waals surface area (Å²) >= 11 is 6.25. The molecule has 0 spiro atoms. The third-order valence-electron chi connectivity index (χ3n) is 6.35. The highest BCUT2D eigenvalue weighted by Crippen LogP contribution is 2.35. The molecule has 1 aliphatic heterocycles. The second-order valence-electron chi connectivity index (χ2n) is 9.06. The number of fused-ring (bicyclic) bond motifs is 1. The molecular formula is C30H26ClN5O4. The number of aromatic nitrogens is 2. The largest absolute Gasteiger partial charge is 0.480 e. The number of Topliss-reactive ketones (excluding diaryl/α,β-unsaturated/α-hetero) is 1. The zero-order valence-corrected chi connectivity index (χ0v) is 22.8. The smallest absolute Gasteiger partial charge is 0.238 e. The maximum atomic E-state index is 12.3. The van der Waals surface area contributed by atoms with E-state index >= 15 is 0 Å². The van der Waals surface area contributed by atoms with Gasteiger partial charge in [-0.05, 0) is 55.0 Å². The second-order valence-corrected chi connectivity index (χ2v) is 9.50. The van der Waals surface area contributed by atoms with Crippen LogP contribution in [0.4, 0.5) is 11.5 Å². The van der Waals surface area contributed by atoms with Crippen LogP contribution in [0.5, 0.6) is 0 Å². The van der Waals surface area contributed by atoms with Crippen molar-refractivity contribution in [3.63, 3.8) is 0 Å². The molecule has 0 unspecified atom stereocenters. The molecule has 2 heterocycles. The highest BCUT2D eigenvalue weighted by atomic mass is 35.5. The van der Waals surface area contributed by atoms with Crippen LogP contribution in [-0.4, -0.2) is 46.0 Å². The van der Waals surface area contributed by atoms with Crippen LogP contribution in [-0.2, 0) is 9.53 Å². The highest BCUT2D eigenvalue weighted by molar-refractivity contribution is 6.31. The van der Waals surface area contributed by atoms with Gasteiger partial charge >= 0.3 is 0 Å². The third-order valence-corrected chi connectivity index (χ3v) is 6.59. The molecule has 10 heteroatoms. The van der Waals surface area contributed by atoms with Crippen LogP contribution in [0, 0.1) is 0 Å². The van der Waals surface area contributed by atoms with E-state index in [1.165, 1.54) is 25.1 Å². The quantitative estimate of drug-likeness (QED) is 0.294. The predicted octanol–water partition coefficient (Wildman–Crippen LogP) is 5.68. The lowest BCUT2D eigenvalue weighted by Gasteiger charge is -2.29. The van der Waals surface area contributed by atoms with Crippen molar-refractivity contribution < 1.29 is 19.4 Å². The maximum absolute atomic E-state index is 12.3. The number of aliphatic hydroxyl groups excluding tert-OH is 1. The number of anilines is 2. The third kappa shape index (κ3) is 5.29. The van der Waals surface area contributed by atoms with E-state index in [1.807, 2.05) is 30.3 Å². The van der Waals surface area contributed by atoms with Crippen molar-refractivity contribution in [3.05, 3.63) is 89.0 Å². The van der Waals surface area contributed by atoms with Gasteiger partial charge in [-0.15, -0.1) is 5.10 Å². The molecule has 0 saturated carbocycles. The number of ketones is 1. The molecular weight excluding hydrogens is 530 g/mol. The Bertz CT molecular complexity index is 1690. The summed E-state index contributed by atoms with van der Waals surface area (Å²) in [7, 11) is 1.46. The first-order valence-corrected chi connectivity index (χ1v) is 13.0. The predicted molar refractivity (Wildman–Crippen MR) is 156 cm³/mol. The first kappa shape index (κ1) is 27.0. The molecule has 1 aliphatic rings. The Balaban J connectivity index is 1.65. The maximum Gasteiger partial charge on any atom is 0.238 e. The molecule has 202 valence electrons. The van der Waals surface area contributed by atoms with Crippen molar-refractivity contribution in [3.8, 4) is 11.3 Å². The van der Waals surface area contributed by atoms with Gasteiger partial charge in [-0.25, -0.2) is 15.0 Å². The van der Waals surface area contributed by atoms with E-state index < -0.39 is 6.23 Å². The summed E-state index contributed by atoms with van der Waals surface area (Å²) in [6, 6.07) is 19.5. The van der Waals surface area contributed by atoms with Crippen LogP contribution >= 0.6 is 11.6 Å². The number of nitrogens with zero attached hydrogens (tertiary/aromatic N) is 4. The molecule has 0 radical (unpaired) electrons. The molecule has 40 heavy (non-hydrogen) atoms. The normalized spacial score (nSPS) is 14.9. The molecule has 5 rings (SSSR count). The molecule has 0 fully saturated rings. The number of hydrogen-bond donors (Lipinski definition) is 2. The summed E-state index contributed by atoms with van der Waals surface area (Å²) < 4.78 is 5.62. The number of ether oxygens (including phenoxy) is 1. The van der Waals surface area contributed by atoms with Gasteiger partial charge < -0.3 is 15.2 Å². The standard InChI is InChI=1S/C30H26ClN5O4/c1-4-26(38)32-20-11-13-24-25(15-20)33-28(18-8-6-5-7-9-18)29(34-24)36-27(39)16-23(30(35-36)40-3)22-14-19(31)10-12-21(22)17(2)37/h5-16,27,39H,4H2,1-3H3,(H,32,38)/t27-/m0/s1. The Morgan fingerprint density at radius 3 is 2.52 bits per heavy atom. The molecule has 2 N–H and O–H groups in total. The first-order chi connectivity index (χ1) is 19.3. The summed E-state index contributed by atoms with van der Waals surface area (Å²) in [6.45, 7) is 3.24. The van der Waals surface area contributed by atoms with Gasteiger partial charge in [0.25, 0.3) is 0 Å². The van der Waals surface area contributed by atoms with E-state index in [2.05, 4.69) is 10.4 Å². The number of methoxy groups -OCH3 is 1. The monoisotopic (exact) mass is 555 g/mol. The molecule has 0 aliphatic carbocycles. The van der Waals surface area contributed by atoms with E-state index in [-0.39, 0.29) is 17.6 Å². The fourth-order valence-electron chi connectivity index (χ4n) is 4.40. The van der Waals surface area contributed by atoms with Crippen molar-refractivity contribution in [2.24, 2.45) is 5.10 Å². The number of carbonyl (C=O) groups is 2. The van der Waals surface area contributed by atoms with Crippen LogP contribution in [0.25, 0.3) is 27.9 Å². The number of aliphatic hydroxyl groups is 1. The van der Waals surface area contributed by atoms with Gasteiger partial charge in [-0.1, -0.05) is 48.9 Å². The van der Waals surface area contributed by atoms with Crippen LogP contribution in [0.2, 0.25) is 5.02 Å². The average Bonchev–Trinajstić information content (AvgIpc) is 2.96. The van der Waals surface area contributed by atoms with Crippen LogP contribution in [0.15, 0.2) is 77.9 Å². The van der Waals surface area contributed by atoms with Crippen LogP contribution in [0.1, 0.15) is 36.2 Å². The topological polar surface area (TPSA) is 117 Å². The lowest BCUT2D eigenvalue weighted by molar-refractivity contribution is -0.115. The molecule has 9 nitrogen and oxygen atoms in total. The molecule has 1 atom stereocenters. The van der Waals surface area contributed by atoms with Crippen molar-refractivity contribution >= 4 is 57.3 Å². The fraction of sp³-hybridized carbons (Fsp3) is 0.167. The lowest BCUT2D eigenvalue weighted by atomic mass is 9.96. The molecule has 4 aromatic rings. The molecule has 1 aromatic heterocycles. The Morgan fingerprint density at radius 1 is 1.05 bits per heavy atom. The van der Waals surface area contributed by atoms with Crippen LogP contribution < -0.4 is 10.3 Å². The van der Waals surface area contributed by atoms with E-state index in [9.17, 15) is 14.7 Å². The zero-order chi connectivity index (χ0) is 28.4. The van der Waals surface area contributed by atoms with Gasteiger partial charge in [0.05, 0.1) is 18.1 Å². The van der Waals surface area contributed by atoms with Crippen molar-refractivity contribution in [2.75, 3.05) is 17.4 Å². The number of carbonyl (C=O) groups excluding carboxylic acids is 2. The minimum atomic E-state index is -1.27. The summed E-state index contributed by atoms with van der Waals surface area (Å²) in [5.74, 6) is 0.175. The number of amides is 1. The van der Waals surface area contributed by atoms with Gasteiger partial charge in [-0.2, -0.15) is 0 Å². The molecule has 0 saturated heterocycles. The lowest BCUT2D eigenvalue weighted by Crippen LogP contribution is -2.36. The Kier molecular flexibility index (Phi) is 7.59. The number of hydrogen-bond acceptors (Lipinski definition) is 8. The summed E-state index contributed by atoms with van der Waals surface area (Å²) in [6.07, 6.45) is 0.613. The van der Waals surface area contributed by atoms with Gasteiger partial charge in [0.2, 0.25) is 11.8 Å². The van der Waals surface area contributed by atoms with Gasteiger partial charge in [0.1, 0.15) is 5.69 Å². The van der Waals surface area contributed by atoms with E-state index in [0.29, 0.717) is 56.4 Å². The Morgan fingerprint density at radius 2 is 1.82 bits per heavy atom. The minimum absolute atomic E-state index is 0.111. The zero-order valence-electron chi connectivity index (χ0n) is 22.1. The van der Waals surface area contributed by atoms with E-state index in [4.69, 9.17) is 26.3 Å². The van der Waals surface area contributed by atoms with Crippen LogP contribution in [0.3, 0.4) is 0 Å². The molecule has 1 amide bonds. The molecule has 0 bridgehead atoms. The van der Waals surface area contributed by atoms with Crippen molar-refractivity contribution in [1.82, 2.24) is 9.97 Å². The van der Waals surface area contributed by atoms with Gasteiger partial charge in [-0.3, -0.25) is 9.59 Å². The van der Waals surface area contributed by atoms with Gasteiger partial charge in [0.15, 0.2) is 17.8 Å². The number of rotatable bonds is 6. The van der Waals surface area contributed by atoms with E-state index in [1.54, 1.807) is 43.3 Å². The average molecular weight is 556 g/mol.